The molecule has 1 aliphatic carbocycles. The molecule has 0 radical (unpaired) electrons. The second-order valence-corrected chi connectivity index (χ2v) is 12.8. The lowest BCUT2D eigenvalue weighted by atomic mass is 9.85. The summed E-state index contributed by atoms with van der Waals surface area (Å²) in [5.41, 5.74) is 7.04. The number of likely N-dealkylation sites (tertiary alicyclic amines) is 1. The molecule has 12 nitrogen and oxygen atoms in total. The number of nitrogens with one attached hydrogen (secondary N) is 2. The van der Waals surface area contributed by atoms with Crippen molar-refractivity contribution in [2.75, 3.05) is 43.8 Å². The molecule has 45 heavy (non-hydrogen) atoms. The summed E-state index contributed by atoms with van der Waals surface area (Å²) >= 11 is 0. The van der Waals surface area contributed by atoms with E-state index >= 15 is 0 Å². The predicted molar refractivity (Wildman–Crippen MR) is 161 cm³/mol. The summed E-state index contributed by atoms with van der Waals surface area (Å²) in [5.74, 6) is -1.18. The van der Waals surface area contributed by atoms with Crippen LogP contribution in [0.4, 0.5) is 20.2 Å². The van der Waals surface area contributed by atoms with Crippen LogP contribution in [0.25, 0.3) is 0 Å². The maximum atomic E-state index is 13.6. The van der Waals surface area contributed by atoms with Crippen LogP contribution >= 0.6 is 0 Å². The summed E-state index contributed by atoms with van der Waals surface area (Å²) in [6.07, 6.45) is 4.91. The minimum absolute atomic E-state index is 0.0433. The summed E-state index contributed by atoms with van der Waals surface area (Å²) in [7, 11) is 0. The molecule has 0 bridgehead atoms. The number of benzene rings is 1. The van der Waals surface area contributed by atoms with Gasteiger partial charge in [0.15, 0.2) is 11.7 Å². The van der Waals surface area contributed by atoms with Gasteiger partial charge in [0.05, 0.1) is 30.0 Å². The normalized spacial score (nSPS) is 28.0. The highest BCUT2D eigenvalue weighted by Crippen LogP contribution is 2.38. The number of rotatable bonds is 10. The van der Waals surface area contributed by atoms with Gasteiger partial charge in [0.2, 0.25) is 5.91 Å². The zero-order valence-corrected chi connectivity index (χ0v) is 25.3. The molecular weight excluding hydrogens is 588 g/mol. The number of hydrogen-bond acceptors (Lipinski definition) is 9. The van der Waals surface area contributed by atoms with Crippen molar-refractivity contribution >= 4 is 29.1 Å². The third kappa shape index (κ3) is 6.60. The number of quaternary nitrogens is 1. The van der Waals surface area contributed by atoms with Crippen LogP contribution in [0, 0.1) is 11.1 Å². The Balaban J connectivity index is 0.911. The Hall–Kier alpha value is -3.46. The van der Waals surface area contributed by atoms with Gasteiger partial charge < -0.3 is 25.9 Å². The third-order valence-electron chi connectivity index (χ3n) is 9.87. The van der Waals surface area contributed by atoms with Crippen LogP contribution in [-0.4, -0.2) is 82.0 Å². The average Bonchev–Trinajstić information content (AvgIpc) is 3.54. The van der Waals surface area contributed by atoms with E-state index in [1.54, 1.807) is 23.0 Å². The second kappa shape index (κ2) is 13.1. The number of piperidine rings is 2. The number of nitrogens with zero attached hydrogens (tertiary/aromatic N) is 4. The molecule has 14 heteroatoms. The first-order chi connectivity index (χ1) is 21.6. The molecule has 1 saturated carbocycles. The number of amides is 3. The number of alkyl halides is 2. The molecule has 4 aliphatic rings. The van der Waals surface area contributed by atoms with E-state index in [0.29, 0.717) is 35.9 Å². The van der Waals surface area contributed by atoms with Crippen molar-refractivity contribution in [2.45, 2.75) is 82.5 Å². The molecule has 1 aromatic heterocycles. The Morgan fingerprint density at radius 1 is 1.11 bits per heavy atom. The average molecular weight is 630 g/mol. The number of anilines is 2. The van der Waals surface area contributed by atoms with Gasteiger partial charge in [0, 0.05) is 56.5 Å². The quantitative estimate of drug-likeness (QED) is 0.155. The first kappa shape index (κ1) is 31.5. The summed E-state index contributed by atoms with van der Waals surface area (Å²) < 4.78 is 32.6. The SMILES string of the molecule is Nc1cn(C2CCC(CN3CCC(OCCNc4cccc5c4C[N+]([O-])(C4CCC(=O)NC4=O)C5=O)CC3)CC2)nc1C(F)F. The zero-order valence-electron chi connectivity index (χ0n) is 25.3. The first-order valence-electron chi connectivity index (χ1n) is 15.9. The molecule has 3 fully saturated rings. The highest BCUT2D eigenvalue weighted by atomic mass is 19.3. The van der Waals surface area contributed by atoms with E-state index in [9.17, 15) is 28.4 Å². The topological polar surface area (TPSA) is 155 Å². The fourth-order valence-corrected chi connectivity index (χ4v) is 7.37. The van der Waals surface area contributed by atoms with Crippen molar-refractivity contribution in [3.63, 3.8) is 0 Å². The standard InChI is InChI=1S/C31H41F2N7O5/c32-29(33)28-24(34)17-39(37-28)20-6-4-19(5-7-20)16-38-13-10-21(11-14-38)45-15-12-35-25-3-1-2-22-23(25)18-40(44,31(22)43)26-8-9-27(41)36-30(26)42/h1-3,17,19-21,26,29,35H,4-16,18,34H2,(H,36,41,42). The molecule has 0 spiro atoms. The Morgan fingerprint density at radius 2 is 1.87 bits per heavy atom. The van der Waals surface area contributed by atoms with E-state index in [1.807, 2.05) is 6.07 Å². The summed E-state index contributed by atoms with van der Waals surface area (Å²) in [6.45, 7) is 3.78. The minimum atomic E-state index is -2.66. The molecule has 2 saturated heterocycles. The number of nitrogen functional groups attached to an aromatic ring is 1. The molecule has 1 aromatic carbocycles. The number of nitrogens with two attached hydrogens (primary N) is 1. The van der Waals surface area contributed by atoms with Gasteiger partial charge in [0.1, 0.15) is 6.54 Å². The number of aromatic nitrogens is 2. The third-order valence-corrected chi connectivity index (χ3v) is 9.87. The molecule has 4 N–H and O–H groups in total. The number of fused-ring (bicyclic) bond motifs is 1. The number of hydrogen-bond donors (Lipinski definition) is 3. The molecule has 3 amide bonds. The molecular formula is C31H41F2N7O5. The molecule has 2 aromatic rings. The van der Waals surface area contributed by atoms with Crippen LogP contribution in [0.3, 0.4) is 0 Å². The Bertz CT molecular complexity index is 1420. The van der Waals surface area contributed by atoms with E-state index in [-0.39, 0.29) is 42.9 Å². The van der Waals surface area contributed by atoms with Crippen LogP contribution < -0.4 is 16.4 Å². The molecule has 2 unspecified atom stereocenters. The van der Waals surface area contributed by atoms with E-state index in [2.05, 4.69) is 20.6 Å². The van der Waals surface area contributed by atoms with Crippen molar-refractivity contribution in [1.29, 1.82) is 0 Å². The van der Waals surface area contributed by atoms with Crippen LogP contribution in [0.5, 0.6) is 0 Å². The van der Waals surface area contributed by atoms with Gasteiger partial charge in [-0.3, -0.25) is 24.2 Å². The van der Waals surface area contributed by atoms with Crippen molar-refractivity contribution < 1.29 is 32.5 Å². The number of carbonyl (C=O) groups is 3. The monoisotopic (exact) mass is 629 g/mol. The summed E-state index contributed by atoms with van der Waals surface area (Å²) in [6, 6.07) is 4.14. The zero-order chi connectivity index (χ0) is 31.7. The van der Waals surface area contributed by atoms with Gasteiger partial charge in [-0.2, -0.15) is 5.10 Å². The van der Waals surface area contributed by atoms with E-state index < -0.39 is 34.8 Å². The van der Waals surface area contributed by atoms with Gasteiger partial charge >= 0.3 is 5.91 Å². The van der Waals surface area contributed by atoms with Gasteiger partial charge in [-0.25, -0.2) is 13.6 Å². The Kier molecular flexibility index (Phi) is 9.18. The highest BCUT2D eigenvalue weighted by molar-refractivity contribution is 6.02. The van der Waals surface area contributed by atoms with E-state index in [4.69, 9.17) is 10.5 Å². The van der Waals surface area contributed by atoms with E-state index in [0.717, 1.165) is 58.2 Å². The number of hydroxylamine groups is 3. The van der Waals surface area contributed by atoms with Crippen molar-refractivity contribution in [3.8, 4) is 0 Å². The van der Waals surface area contributed by atoms with Gasteiger partial charge in [-0.05, 0) is 56.6 Å². The molecule has 2 atom stereocenters. The lowest BCUT2D eigenvalue weighted by Gasteiger charge is -2.42. The highest BCUT2D eigenvalue weighted by Gasteiger charge is 2.50. The van der Waals surface area contributed by atoms with Gasteiger partial charge in [0.25, 0.3) is 12.3 Å². The Morgan fingerprint density at radius 3 is 2.56 bits per heavy atom. The molecule has 244 valence electrons. The van der Waals surface area contributed by atoms with Crippen LogP contribution in [0.15, 0.2) is 24.4 Å². The second-order valence-electron chi connectivity index (χ2n) is 12.8. The maximum absolute atomic E-state index is 13.6. The largest absolute Gasteiger partial charge is 0.624 e. The number of halogens is 2. The van der Waals surface area contributed by atoms with Crippen LogP contribution in [0.1, 0.15) is 85.4 Å². The van der Waals surface area contributed by atoms with Crippen LogP contribution in [0.2, 0.25) is 0 Å². The lowest BCUT2D eigenvalue weighted by Crippen LogP contribution is -2.60. The van der Waals surface area contributed by atoms with E-state index in [1.165, 1.54) is 0 Å². The van der Waals surface area contributed by atoms with Crippen LogP contribution in [-0.2, 0) is 20.9 Å². The van der Waals surface area contributed by atoms with Gasteiger partial charge in [-0.15, -0.1) is 0 Å². The maximum Gasteiger partial charge on any atom is 0.347 e. The fraction of sp³-hybridized carbons (Fsp3) is 0.613. The summed E-state index contributed by atoms with van der Waals surface area (Å²) in [5, 5.41) is 23.2. The molecule has 3 aliphatic heterocycles. The molecule has 6 rings (SSSR count). The molecule has 4 heterocycles. The fourth-order valence-electron chi connectivity index (χ4n) is 7.37. The lowest BCUT2D eigenvalue weighted by molar-refractivity contribution is -0.825. The van der Waals surface area contributed by atoms with Gasteiger partial charge in [-0.1, -0.05) is 6.07 Å². The predicted octanol–water partition coefficient (Wildman–Crippen LogP) is 3.50. The van der Waals surface area contributed by atoms with Crippen molar-refractivity contribution in [1.82, 2.24) is 20.0 Å². The first-order valence-corrected chi connectivity index (χ1v) is 15.9. The van der Waals surface area contributed by atoms with Crippen molar-refractivity contribution in [2.24, 2.45) is 5.92 Å². The van der Waals surface area contributed by atoms with Crippen molar-refractivity contribution in [3.05, 3.63) is 46.4 Å². The number of carbonyl (C=O) groups excluding carboxylic acids is 3. The number of imide groups is 1. The minimum Gasteiger partial charge on any atom is -0.624 e. The Labute approximate surface area is 260 Å². The number of ether oxygens (including phenoxy) is 1. The summed E-state index contributed by atoms with van der Waals surface area (Å²) in [4.78, 5) is 39.5. The smallest absolute Gasteiger partial charge is 0.347 e.